The highest BCUT2D eigenvalue weighted by Gasteiger charge is 2.12. The summed E-state index contributed by atoms with van der Waals surface area (Å²) in [7, 11) is 1.46. The molecule has 0 spiro atoms. The molecule has 3 nitrogen and oxygen atoms in total. The van der Waals surface area contributed by atoms with Crippen molar-refractivity contribution in [2.75, 3.05) is 7.11 Å². The molecule has 15 heavy (non-hydrogen) atoms. The highest BCUT2D eigenvalue weighted by Crippen LogP contribution is 2.30. The van der Waals surface area contributed by atoms with Crippen LogP contribution in [-0.2, 0) is 0 Å². The van der Waals surface area contributed by atoms with Crippen molar-refractivity contribution in [3.05, 3.63) is 39.1 Å². The Labute approximate surface area is 89.2 Å². The normalized spacial score (nSPS) is 10.3. The van der Waals surface area contributed by atoms with Crippen molar-refractivity contribution in [2.45, 2.75) is 0 Å². The summed E-state index contributed by atoms with van der Waals surface area (Å²) in [6.45, 7) is 0. The molecular formula is C10H8FNO2S. The third kappa shape index (κ3) is 1.78. The standard InChI is InChI=1S/C10H8FNO2S/c1-14-8-4-2-3-6(11)9(8)7-5-15-10(13)12-7/h2-5H,1H3,(H,12,13). The van der Waals surface area contributed by atoms with E-state index in [0.29, 0.717) is 17.0 Å². The molecule has 0 bridgehead atoms. The SMILES string of the molecule is COc1cccc(F)c1-c1csc(=O)[nH]1. The van der Waals surface area contributed by atoms with E-state index in [-0.39, 0.29) is 4.87 Å². The number of halogens is 1. The first-order valence-corrected chi connectivity index (χ1v) is 5.11. The van der Waals surface area contributed by atoms with E-state index in [0.717, 1.165) is 11.3 Å². The highest BCUT2D eigenvalue weighted by molar-refractivity contribution is 7.07. The molecule has 2 rings (SSSR count). The Balaban J connectivity index is 2.65. The first-order chi connectivity index (χ1) is 7.22. The van der Waals surface area contributed by atoms with Crippen LogP contribution in [0.25, 0.3) is 11.3 Å². The summed E-state index contributed by atoms with van der Waals surface area (Å²) in [6, 6.07) is 4.53. The van der Waals surface area contributed by atoms with Crippen LogP contribution in [-0.4, -0.2) is 12.1 Å². The number of hydrogen-bond donors (Lipinski definition) is 1. The quantitative estimate of drug-likeness (QED) is 0.851. The second-order valence-electron chi connectivity index (χ2n) is 2.88. The first-order valence-electron chi connectivity index (χ1n) is 4.23. The molecule has 2 aromatic rings. The maximum atomic E-state index is 13.5. The van der Waals surface area contributed by atoms with E-state index in [4.69, 9.17) is 4.74 Å². The van der Waals surface area contributed by atoms with Crippen LogP contribution in [0.15, 0.2) is 28.4 Å². The van der Waals surface area contributed by atoms with Crippen molar-refractivity contribution < 1.29 is 9.13 Å². The van der Waals surface area contributed by atoms with Crippen molar-refractivity contribution in [2.24, 2.45) is 0 Å². The van der Waals surface area contributed by atoms with Gasteiger partial charge in [-0.1, -0.05) is 17.4 Å². The monoisotopic (exact) mass is 225 g/mol. The molecule has 0 aliphatic carbocycles. The van der Waals surface area contributed by atoms with Gasteiger partial charge in [-0.15, -0.1) is 0 Å². The lowest BCUT2D eigenvalue weighted by Crippen LogP contribution is -1.96. The fourth-order valence-electron chi connectivity index (χ4n) is 1.34. The average molecular weight is 225 g/mol. The summed E-state index contributed by atoms with van der Waals surface area (Å²) in [5.41, 5.74) is 0.735. The molecule has 0 aliphatic heterocycles. The number of nitrogens with one attached hydrogen (secondary N) is 1. The topological polar surface area (TPSA) is 42.1 Å². The van der Waals surface area contributed by atoms with Crippen LogP contribution in [0.3, 0.4) is 0 Å². The van der Waals surface area contributed by atoms with E-state index in [9.17, 15) is 9.18 Å². The summed E-state index contributed by atoms with van der Waals surface area (Å²) in [5, 5.41) is 1.57. The fourth-order valence-corrected chi connectivity index (χ4v) is 1.91. The number of aromatic amines is 1. The lowest BCUT2D eigenvalue weighted by Gasteiger charge is -2.06. The van der Waals surface area contributed by atoms with Gasteiger partial charge in [0.15, 0.2) is 0 Å². The third-order valence-corrected chi connectivity index (χ3v) is 2.65. The van der Waals surface area contributed by atoms with Gasteiger partial charge in [-0.05, 0) is 12.1 Å². The number of hydrogen-bond acceptors (Lipinski definition) is 3. The van der Waals surface area contributed by atoms with Crippen molar-refractivity contribution in [3.8, 4) is 17.0 Å². The van der Waals surface area contributed by atoms with Gasteiger partial charge in [-0.3, -0.25) is 4.79 Å². The van der Waals surface area contributed by atoms with Gasteiger partial charge in [0.05, 0.1) is 18.4 Å². The molecule has 0 aliphatic rings. The Kier molecular flexibility index (Phi) is 2.55. The minimum Gasteiger partial charge on any atom is -0.496 e. The van der Waals surface area contributed by atoms with Crippen molar-refractivity contribution in [1.82, 2.24) is 4.98 Å². The van der Waals surface area contributed by atoms with Gasteiger partial charge < -0.3 is 9.72 Å². The van der Waals surface area contributed by atoms with Gasteiger partial charge in [0.1, 0.15) is 11.6 Å². The van der Waals surface area contributed by atoms with Crippen LogP contribution < -0.4 is 9.61 Å². The highest BCUT2D eigenvalue weighted by atomic mass is 32.1. The largest absolute Gasteiger partial charge is 0.496 e. The molecule has 1 heterocycles. The summed E-state index contributed by atoms with van der Waals surface area (Å²) in [4.78, 5) is 13.3. The zero-order valence-corrected chi connectivity index (χ0v) is 8.73. The summed E-state index contributed by atoms with van der Waals surface area (Å²) < 4.78 is 18.6. The molecule has 0 atom stereocenters. The van der Waals surface area contributed by atoms with Crippen LogP contribution in [0.1, 0.15) is 0 Å². The number of rotatable bonds is 2. The Morgan fingerprint density at radius 1 is 1.47 bits per heavy atom. The van der Waals surface area contributed by atoms with Gasteiger partial charge in [0.2, 0.25) is 0 Å². The minimum absolute atomic E-state index is 0.213. The molecule has 5 heteroatoms. The Hall–Kier alpha value is -1.62. The summed E-state index contributed by atoms with van der Waals surface area (Å²) in [5.74, 6) is -0.00699. The van der Waals surface area contributed by atoms with Gasteiger partial charge in [-0.2, -0.15) is 0 Å². The first kappa shape index (κ1) is 9.92. The molecule has 0 fully saturated rings. The van der Waals surface area contributed by atoms with Gasteiger partial charge in [-0.25, -0.2) is 4.39 Å². The van der Waals surface area contributed by atoms with Crippen LogP contribution in [0.5, 0.6) is 5.75 Å². The van der Waals surface area contributed by atoms with Crippen molar-refractivity contribution >= 4 is 11.3 Å². The third-order valence-electron chi connectivity index (χ3n) is 1.99. The number of methoxy groups -OCH3 is 1. The second-order valence-corrected chi connectivity index (χ2v) is 3.72. The number of thiazole rings is 1. The zero-order chi connectivity index (χ0) is 10.8. The van der Waals surface area contributed by atoms with Crippen LogP contribution in [0.2, 0.25) is 0 Å². The molecule has 78 valence electrons. The van der Waals surface area contributed by atoms with Crippen molar-refractivity contribution in [3.63, 3.8) is 0 Å². The van der Waals surface area contributed by atoms with E-state index in [1.165, 1.54) is 13.2 Å². The average Bonchev–Trinajstić information content (AvgIpc) is 2.64. The predicted molar refractivity (Wildman–Crippen MR) is 56.9 cm³/mol. The molecule has 1 aromatic heterocycles. The van der Waals surface area contributed by atoms with Crippen LogP contribution in [0.4, 0.5) is 4.39 Å². The smallest absolute Gasteiger partial charge is 0.304 e. The van der Waals surface area contributed by atoms with E-state index >= 15 is 0 Å². The fraction of sp³-hybridized carbons (Fsp3) is 0.100. The van der Waals surface area contributed by atoms with Gasteiger partial charge in [0, 0.05) is 5.38 Å². The lowest BCUT2D eigenvalue weighted by atomic mass is 10.1. The Morgan fingerprint density at radius 3 is 2.87 bits per heavy atom. The molecule has 0 amide bonds. The Morgan fingerprint density at radius 2 is 2.27 bits per heavy atom. The zero-order valence-electron chi connectivity index (χ0n) is 7.91. The van der Waals surface area contributed by atoms with Gasteiger partial charge in [0.25, 0.3) is 0 Å². The maximum absolute atomic E-state index is 13.5. The summed E-state index contributed by atoms with van der Waals surface area (Å²) in [6.07, 6.45) is 0. The van der Waals surface area contributed by atoms with E-state index in [2.05, 4.69) is 4.98 Å². The molecule has 1 aromatic carbocycles. The number of benzene rings is 1. The van der Waals surface area contributed by atoms with Crippen molar-refractivity contribution in [1.29, 1.82) is 0 Å². The van der Waals surface area contributed by atoms with E-state index in [1.807, 2.05) is 0 Å². The molecule has 0 radical (unpaired) electrons. The number of aromatic nitrogens is 1. The van der Waals surface area contributed by atoms with Gasteiger partial charge >= 0.3 is 4.87 Å². The van der Waals surface area contributed by atoms with E-state index in [1.54, 1.807) is 17.5 Å². The Bertz CT molecular complexity index is 532. The van der Waals surface area contributed by atoms with E-state index < -0.39 is 5.82 Å². The number of H-pyrrole nitrogens is 1. The molecule has 0 saturated carbocycles. The maximum Gasteiger partial charge on any atom is 0.304 e. The minimum atomic E-state index is -0.414. The molecule has 0 unspecified atom stereocenters. The van der Waals surface area contributed by atoms with Crippen LogP contribution in [0, 0.1) is 5.82 Å². The second kappa shape index (κ2) is 3.86. The molecule has 0 saturated heterocycles. The summed E-state index contributed by atoms with van der Waals surface area (Å²) >= 11 is 0.994. The predicted octanol–water partition coefficient (Wildman–Crippen LogP) is 2.25. The molecular weight excluding hydrogens is 217 g/mol. The van der Waals surface area contributed by atoms with Crippen LogP contribution >= 0.6 is 11.3 Å². The lowest BCUT2D eigenvalue weighted by molar-refractivity contribution is 0.413. The number of ether oxygens (including phenoxy) is 1. The molecule has 1 N–H and O–H groups in total.